The Bertz CT molecular complexity index is 865. The molecule has 27 heavy (non-hydrogen) atoms. The summed E-state index contributed by atoms with van der Waals surface area (Å²) in [6.45, 7) is 5.31. The quantitative estimate of drug-likeness (QED) is 0.565. The van der Waals surface area contributed by atoms with Gasteiger partial charge in [0.15, 0.2) is 0 Å². The minimum Gasteiger partial charge on any atom is -0.497 e. The van der Waals surface area contributed by atoms with Gasteiger partial charge in [0.25, 0.3) is 0 Å². The molecule has 0 unspecified atom stereocenters. The molecule has 140 valence electrons. The van der Waals surface area contributed by atoms with E-state index in [1.165, 1.54) is 0 Å². The van der Waals surface area contributed by atoms with Crippen LogP contribution in [0.3, 0.4) is 0 Å². The van der Waals surface area contributed by atoms with Crippen LogP contribution in [-0.4, -0.2) is 23.6 Å². The molecule has 3 rings (SSSR count). The molecule has 2 N–H and O–H groups in total. The summed E-state index contributed by atoms with van der Waals surface area (Å²) >= 11 is 0. The summed E-state index contributed by atoms with van der Waals surface area (Å²) in [4.78, 5) is 9.33. The first kappa shape index (κ1) is 18.7. The molecular weight excluding hydrogens is 336 g/mol. The van der Waals surface area contributed by atoms with E-state index in [1.54, 1.807) is 7.11 Å². The molecule has 0 aliphatic heterocycles. The van der Waals surface area contributed by atoms with Crippen molar-refractivity contribution in [1.29, 1.82) is 0 Å². The molecule has 0 aliphatic rings. The van der Waals surface area contributed by atoms with Crippen molar-refractivity contribution in [2.24, 2.45) is 5.92 Å². The van der Waals surface area contributed by atoms with Gasteiger partial charge in [0, 0.05) is 29.9 Å². The number of aromatic nitrogens is 2. The first-order valence-electron chi connectivity index (χ1n) is 9.23. The molecule has 0 atom stereocenters. The van der Waals surface area contributed by atoms with Crippen molar-refractivity contribution in [3.63, 3.8) is 0 Å². The average molecular weight is 362 g/mol. The molecule has 1 aromatic heterocycles. The maximum Gasteiger partial charge on any atom is 0.229 e. The van der Waals surface area contributed by atoms with Crippen LogP contribution < -0.4 is 15.4 Å². The highest BCUT2D eigenvalue weighted by molar-refractivity contribution is 5.66. The topological polar surface area (TPSA) is 59.1 Å². The van der Waals surface area contributed by atoms with Crippen LogP contribution in [0, 0.1) is 5.92 Å². The predicted octanol–water partition coefficient (Wildman–Crippen LogP) is 5.35. The van der Waals surface area contributed by atoms with Gasteiger partial charge in [-0.05, 0) is 24.5 Å². The van der Waals surface area contributed by atoms with Crippen molar-refractivity contribution >= 4 is 17.5 Å². The first-order valence-corrected chi connectivity index (χ1v) is 9.23. The van der Waals surface area contributed by atoms with Gasteiger partial charge in [-0.15, -0.1) is 0 Å². The molecule has 1 heterocycles. The summed E-state index contributed by atoms with van der Waals surface area (Å²) < 4.78 is 5.29. The third-order valence-corrected chi connectivity index (χ3v) is 4.15. The van der Waals surface area contributed by atoms with Crippen LogP contribution in [0.1, 0.15) is 20.3 Å². The zero-order chi connectivity index (χ0) is 19.1. The van der Waals surface area contributed by atoms with Crippen LogP contribution in [-0.2, 0) is 0 Å². The molecular formula is C22H26N4O. The Morgan fingerprint density at radius 1 is 0.963 bits per heavy atom. The van der Waals surface area contributed by atoms with Gasteiger partial charge >= 0.3 is 0 Å². The zero-order valence-electron chi connectivity index (χ0n) is 16.1. The molecule has 0 fully saturated rings. The third kappa shape index (κ3) is 5.45. The van der Waals surface area contributed by atoms with Gasteiger partial charge < -0.3 is 15.4 Å². The summed E-state index contributed by atoms with van der Waals surface area (Å²) in [6, 6.07) is 19.9. The summed E-state index contributed by atoms with van der Waals surface area (Å²) in [5.74, 6) is 2.79. The SMILES string of the molecule is COc1cccc(Nc2nc(NCCC(C)C)cc(-c3ccccc3)n2)c1. The Balaban J connectivity index is 1.88. The fraction of sp³-hybridized carbons (Fsp3) is 0.273. The second kappa shape index (κ2) is 9.03. The highest BCUT2D eigenvalue weighted by Crippen LogP contribution is 2.24. The van der Waals surface area contributed by atoms with Crippen LogP contribution in [0.15, 0.2) is 60.7 Å². The number of rotatable bonds is 8. The van der Waals surface area contributed by atoms with Crippen LogP contribution in [0.2, 0.25) is 0 Å². The Kier molecular flexibility index (Phi) is 6.26. The highest BCUT2D eigenvalue weighted by Gasteiger charge is 2.08. The molecule has 5 heteroatoms. The zero-order valence-corrected chi connectivity index (χ0v) is 16.1. The molecule has 0 bridgehead atoms. The van der Waals surface area contributed by atoms with E-state index >= 15 is 0 Å². The van der Waals surface area contributed by atoms with Crippen molar-refractivity contribution in [3.05, 3.63) is 60.7 Å². The van der Waals surface area contributed by atoms with E-state index < -0.39 is 0 Å². The summed E-state index contributed by atoms with van der Waals surface area (Å²) in [6.07, 6.45) is 1.09. The highest BCUT2D eigenvalue weighted by atomic mass is 16.5. The Hall–Kier alpha value is -3.08. The lowest BCUT2D eigenvalue weighted by Crippen LogP contribution is -2.08. The lowest BCUT2D eigenvalue weighted by atomic mass is 10.1. The standard InChI is InChI=1S/C22H26N4O/c1-16(2)12-13-23-21-15-20(17-8-5-4-6-9-17)25-22(26-21)24-18-10-7-11-19(14-18)27-3/h4-11,14-16H,12-13H2,1-3H3,(H2,23,24,25,26). The fourth-order valence-electron chi connectivity index (χ4n) is 2.67. The van der Waals surface area contributed by atoms with Crippen molar-refractivity contribution in [2.45, 2.75) is 20.3 Å². The van der Waals surface area contributed by atoms with Gasteiger partial charge in [-0.25, -0.2) is 4.98 Å². The number of ether oxygens (including phenoxy) is 1. The predicted molar refractivity (Wildman–Crippen MR) is 112 cm³/mol. The number of benzene rings is 2. The smallest absolute Gasteiger partial charge is 0.229 e. The molecule has 0 saturated heterocycles. The number of anilines is 3. The molecule has 5 nitrogen and oxygen atoms in total. The number of hydrogen-bond acceptors (Lipinski definition) is 5. The van der Waals surface area contributed by atoms with E-state index in [1.807, 2.05) is 48.5 Å². The summed E-state index contributed by atoms with van der Waals surface area (Å²) in [5, 5.41) is 6.71. The normalized spacial score (nSPS) is 10.7. The lowest BCUT2D eigenvalue weighted by Gasteiger charge is -2.12. The molecule has 0 radical (unpaired) electrons. The molecule has 0 amide bonds. The Labute approximate surface area is 160 Å². The van der Waals surface area contributed by atoms with Crippen LogP contribution in [0.5, 0.6) is 5.75 Å². The van der Waals surface area contributed by atoms with Crippen LogP contribution >= 0.6 is 0 Å². The number of methoxy groups -OCH3 is 1. The van der Waals surface area contributed by atoms with E-state index in [2.05, 4.69) is 41.6 Å². The number of nitrogens with one attached hydrogen (secondary N) is 2. The molecule has 0 aliphatic carbocycles. The van der Waals surface area contributed by atoms with Gasteiger partial charge in [0.1, 0.15) is 11.6 Å². The second-order valence-corrected chi connectivity index (χ2v) is 6.79. The fourth-order valence-corrected chi connectivity index (χ4v) is 2.67. The molecule has 0 spiro atoms. The van der Waals surface area contributed by atoms with E-state index in [0.29, 0.717) is 11.9 Å². The van der Waals surface area contributed by atoms with Gasteiger partial charge in [-0.2, -0.15) is 4.98 Å². The van der Waals surface area contributed by atoms with Gasteiger partial charge in [0.05, 0.1) is 12.8 Å². The first-order chi connectivity index (χ1) is 13.1. The minimum absolute atomic E-state index is 0.552. The van der Waals surface area contributed by atoms with Crippen molar-refractivity contribution in [3.8, 4) is 17.0 Å². The Morgan fingerprint density at radius 2 is 1.78 bits per heavy atom. The Morgan fingerprint density at radius 3 is 2.52 bits per heavy atom. The van der Waals surface area contributed by atoms with Crippen LogP contribution in [0.25, 0.3) is 11.3 Å². The maximum absolute atomic E-state index is 5.29. The maximum atomic E-state index is 5.29. The van der Waals surface area contributed by atoms with E-state index in [0.717, 1.165) is 41.5 Å². The van der Waals surface area contributed by atoms with Gasteiger partial charge in [-0.1, -0.05) is 50.2 Å². The summed E-state index contributed by atoms with van der Waals surface area (Å²) in [5.41, 5.74) is 2.82. The number of hydrogen-bond donors (Lipinski definition) is 2. The summed E-state index contributed by atoms with van der Waals surface area (Å²) in [7, 11) is 1.66. The van der Waals surface area contributed by atoms with Crippen LogP contribution in [0.4, 0.5) is 17.5 Å². The van der Waals surface area contributed by atoms with Gasteiger partial charge in [-0.3, -0.25) is 0 Å². The molecule has 0 saturated carbocycles. The van der Waals surface area contributed by atoms with E-state index in [4.69, 9.17) is 9.72 Å². The molecule has 3 aromatic rings. The van der Waals surface area contributed by atoms with Gasteiger partial charge in [0.2, 0.25) is 5.95 Å². The minimum atomic E-state index is 0.552. The average Bonchev–Trinajstić information content (AvgIpc) is 2.68. The second-order valence-electron chi connectivity index (χ2n) is 6.79. The van der Waals surface area contributed by atoms with E-state index in [9.17, 15) is 0 Å². The monoisotopic (exact) mass is 362 g/mol. The lowest BCUT2D eigenvalue weighted by molar-refractivity contribution is 0.415. The van der Waals surface area contributed by atoms with Crippen molar-refractivity contribution < 1.29 is 4.74 Å². The van der Waals surface area contributed by atoms with Crippen molar-refractivity contribution in [1.82, 2.24) is 9.97 Å². The van der Waals surface area contributed by atoms with E-state index in [-0.39, 0.29) is 0 Å². The largest absolute Gasteiger partial charge is 0.497 e. The number of nitrogens with zero attached hydrogens (tertiary/aromatic N) is 2. The van der Waals surface area contributed by atoms with Crippen molar-refractivity contribution in [2.75, 3.05) is 24.3 Å². The molecule has 2 aromatic carbocycles. The third-order valence-electron chi connectivity index (χ3n) is 4.15.